The highest BCUT2D eigenvalue weighted by Gasteiger charge is 2.19. The molecular formula is C14H29NO4. The minimum Gasteiger partial charge on any atom is -0.460 e. The summed E-state index contributed by atoms with van der Waals surface area (Å²) in [5.41, 5.74) is -0.424. The Morgan fingerprint density at radius 3 is 2.26 bits per heavy atom. The van der Waals surface area contributed by atoms with Crippen molar-refractivity contribution < 1.29 is 19.0 Å². The number of rotatable bonds is 9. The third-order valence-electron chi connectivity index (χ3n) is 2.64. The molecule has 0 radical (unpaired) electrons. The van der Waals surface area contributed by atoms with Crippen molar-refractivity contribution in [1.82, 2.24) is 4.90 Å². The fourth-order valence-corrected chi connectivity index (χ4v) is 1.74. The maximum Gasteiger partial charge on any atom is 0.307 e. The summed E-state index contributed by atoms with van der Waals surface area (Å²) in [5.74, 6) is -0.167. The standard InChI is InChI=1S/C14H29NO4/c1-12(11-18-6)15(9-10-17-5)8-7-13(16)19-14(2,3)4/h12H,7-11H2,1-6H3. The number of hydrogen-bond acceptors (Lipinski definition) is 5. The Labute approximate surface area is 117 Å². The molecule has 0 heterocycles. The van der Waals surface area contributed by atoms with E-state index < -0.39 is 5.60 Å². The minimum atomic E-state index is -0.424. The molecule has 0 aliphatic carbocycles. The molecule has 0 rings (SSSR count). The largest absolute Gasteiger partial charge is 0.460 e. The number of carbonyl (C=O) groups is 1. The van der Waals surface area contributed by atoms with Gasteiger partial charge in [0.05, 0.1) is 19.6 Å². The van der Waals surface area contributed by atoms with Crippen LogP contribution in [0.1, 0.15) is 34.1 Å². The summed E-state index contributed by atoms with van der Waals surface area (Å²) in [7, 11) is 3.35. The van der Waals surface area contributed by atoms with Crippen LogP contribution >= 0.6 is 0 Å². The lowest BCUT2D eigenvalue weighted by molar-refractivity contribution is -0.155. The average Bonchev–Trinajstić information content (AvgIpc) is 2.27. The monoisotopic (exact) mass is 275 g/mol. The normalized spacial score (nSPS) is 13.6. The predicted octanol–water partition coefficient (Wildman–Crippen LogP) is 1.70. The maximum atomic E-state index is 11.7. The van der Waals surface area contributed by atoms with Gasteiger partial charge in [-0.2, -0.15) is 0 Å². The number of carbonyl (C=O) groups excluding carboxylic acids is 1. The van der Waals surface area contributed by atoms with Gasteiger partial charge < -0.3 is 14.2 Å². The van der Waals surface area contributed by atoms with Gasteiger partial charge in [-0.3, -0.25) is 9.69 Å². The quantitative estimate of drug-likeness (QED) is 0.599. The van der Waals surface area contributed by atoms with Crippen LogP contribution < -0.4 is 0 Å². The van der Waals surface area contributed by atoms with Gasteiger partial charge >= 0.3 is 5.97 Å². The summed E-state index contributed by atoms with van der Waals surface area (Å²) in [4.78, 5) is 13.9. The van der Waals surface area contributed by atoms with E-state index in [2.05, 4.69) is 11.8 Å². The van der Waals surface area contributed by atoms with Gasteiger partial charge in [0, 0.05) is 33.4 Å². The van der Waals surface area contributed by atoms with Crippen LogP contribution in [-0.2, 0) is 19.0 Å². The van der Waals surface area contributed by atoms with Crippen molar-refractivity contribution in [1.29, 1.82) is 0 Å². The van der Waals surface area contributed by atoms with E-state index in [9.17, 15) is 4.79 Å². The fourth-order valence-electron chi connectivity index (χ4n) is 1.74. The Bertz CT molecular complexity index is 250. The van der Waals surface area contributed by atoms with Crippen LogP contribution in [0, 0.1) is 0 Å². The highest BCUT2D eigenvalue weighted by Crippen LogP contribution is 2.09. The second-order valence-electron chi connectivity index (χ2n) is 5.67. The van der Waals surface area contributed by atoms with Crippen molar-refractivity contribution in [2.24, 2.45) is 0 Å². The second-order valence-corrected chi connectivity index (χ2v) is 5.67. The molecule has 0 aromatic carbocycles. The van der Waals surface area contributed by atoms with Crippen molar-refractivity contribution in [3.05, 3.63) is 0 Å². The molecule has 0 bridgehead atoms. The van der Waals surface area contributed by atoms with Crippen LogP contribution in [0.2, 0.25) is 0 Å². The first-order valence-electron chi connectivity index (χ1n) is 6.74. The first-order valence-corrected chi connectivity index (χ1v) is 6.74. The van der Waals surface area contributed by atoms with E-state index in [4.69, 9.17) is 14.2 Å². The number of ether oxygens (including phenoxy) is 3. The van der Waals surface area contributed by atoms with E-state index in [-0.39, 0.29) is 12.0 Å². The average molecular weight is 275 g/mol. The van der Waals surface area contributed by atoms with Gasteiger partial charge in [0.15, 0.2) is 0 Å². The highest BCUT2D eigenvalue weighted by molar-refractivity contribution is 5.70. The van der Waals surface area contributed by atoms with Gasteiger partial charge in [-0.15, -0.1) is 0 Å². The van der Waals surface area contributed by atoms with Crippen molar-refractivity contribution in [3.8, 4) is 0 Å². The number of hydrogen-bond donors (Lipinski definition) is 0. The van der Waals surface area contributed by atoms with E-state index in [1.54, 1.807) is 14.2 Å². The molecular weight excluding hydrogens is 246 g/mol. The molecule has 0 aliphatic rings. The summed E-state index contributed by atoms with van der Waals surface area (Å²) in [6, 6.07) is 0.252. The lowest BCUT2D eigenvalue weighted by atomic mass is 10.2. The molecule has 0 aromatic heterocycles. The topological polar surface area (TPSA) is 48.0 Å². The molecule has 114 valence electrons. The fraction of sp³-hybridized carbons (Fsp3) is 0.929. The molecule has 0 spiro atoms. The molecule has 5 heteroatoms. The van der Waals surface area contributed by atoms with Gasteiger partial charge in [0.25, 0.3) is 0 Å². The van der Waals surface area contributed by atoms with Crippen LogP contribution in [0.15, 0.2) is 0 Å². The molecule has 19 heavy (non-hydrogen) atoms. The van der Waals surface area contributed by atoms with Crippen LogP contribution in [0.4, 0.5) is 0 Å². The number of esters is 1. The van der Waals surface area contributed by atoms with Gasteiger partial charge in [-0.05, 0) is 27.7 Å². The summed E-state index contributed by atoms with van der Waals surface area (Å²) in [6.45, 7) is 10.4. The van der Waals surface area contributed by atoms with Gasteiger partial charge in [0.1, 0.15) is 5.60 Å². The minimum absolute atomic E-state index is 0.167. The van der Waals surface area contributed by atoms with Crippen molar-refractivity contribution in [2.45, 2.75) is 45.8 Å². The van der Waals surface area contributed by atoms with E-state index in [1.807, 2.05) is 20.8 Å². The zero-order valence-electron chi connectivity index (χ0n) is 13.2. The molecule has 0 aromatic rings. The first-order chi connectivity index (χ1) is 8.80. The Hall–Kier alpha value is -0.650. The molecule has 0 N–H and O–H groups in total. The van der Waals surface area contributed by atoms with Gasteiger partial charge in [0.2, 0.25) is 0 Å². The summed E-state index contributed by atoms with van der Waals surface area (Å²) >= 11 is 0. The van der Waals surface area contributed by atoms with Crippen molar-refractivity contribution >= 4 is 5.97 Å². The Morgan fingerprint density at radius 2 is 1.79 bits per heavy atom. The van der Waals surface area contributed by atoms with Crippen LogP contribution in [0.25, 0.3) is 0 Å². The number of methoxy groups -OCH3 is 2. The molecule has 1 atom stereocenters. The predicted molar refractivity (Wildman–Crippen MR) is 75.2 cm³/mol. The Kier molecular flexibility index (Phi) is 8.97. The lowest BCUT2D eigenvalue weighted by Crippen LogP contribution is -2.40. The Balaban J connectivity index is 4.20. The van der Waals surface area contributed by atoms with E-state index in [0.717, 1.165) is 6.54 Å². The highest BCUT2D eigenvalue weighted by atomic mass is 16.6. The van der Waals surface area contributed by atoms with E-state index in [1.165, 1.54) is 0 Å². The lowest BCUT2D eigenvalue weighted by Gasteiger charge is -2.28. The maximum absolute atomic E-state index is 11.7. The molecule has 5 nitrogen and oxygen atoms in total. The first kappa shape index (κ1) is 18.4. The van der Waals surface area contributed by atoms with Crippen molar-refractivity contribution in [3.63, 3.8) is 0 Å². The van der Waals surface area contributed by atoms with Gasteiger partial charge in [-0.25, -0.2) is 0 Å². The number of nitrogens with zero attached hydrogens (tertiary/aromatic N) is 1. The van der Waals surface area contributed by atoms with Crippen LogP contribution in [-0.4, -0.2) is 63.0 Å². The zero-order valence-corrected chi connectivity index (χ0v) is 13.2. The SMILES string of the molecule is COCCN(CCC(=O)OC(C)(C)C)C(C)COC. The zero-order chi connectivity index (χ0) is 14.9. The molecule has 0 saturated heterocycles. The molecule has 0 aliphatic heterocycles. The smallest absolute Gasteiger partial charge is 0.307 e. The summed E-state index contributed by atoms with van der Waals surface area (Å²) < 4.78 is 15.5. The molecule has 1 unspecified atom stereocenters. The van der Waals surface area contributed by atoms with Crippen LogP contribution in [0.5, 0.6) is 0 Å². The second kappa shape index (κ2) is 9.28. The third-order valence-corrected chi connectivity index (χ3v) is 2.64. The van der Waals surface area contributed by atoms with Crippen LogP contribution in [0.3, 0.4) is 0 Å². The Morgan fingerprint density at radius 1 is 1.16 bits per heavy atom. The summed E-state index contributed by atoms with van der Waals surface area (Å²) in [5, 5.41) is 0. The van der Waals surface area contributed by atoms with E-state index >= 15 is 0 Å². The summed E-state index contributed by atoms with van der Waals surface area (Å²) in [6.07, 6.45) is 0.384. The molecule has 0 saturated carbocycles. The van der Waals surface area contributed by atoms with Gasteiger partial charge in [-0.1, -0.05) is 0 Å². The third kappa shape index (κ3) is 9.87. The van der Waals surface area contributed by atoms with E-state index in [0.29, 0.717) is 26.2 Å². The van der Waals surface area contributed by atoms with Crippen molar-refractivity contribution in [2.75, 3.05) is 40.5 Å². The molecule has 0 amide bonds. The molecule has 0 fully saturated rings.